The largest absolute Gasteiger partial charge is 0.459 e. The topological polar surface area (TPSA) is 58.6 Å². The lowest BCUT2D eigenvalue weighted by Gasteiger charge is -2.30. The van der Waals surface area contributed by atoms with Crippen molar-refractivity contribution in [1.82, 2.24) is 10.2 Å². The quantitative estimate of drug-likeness (QED) is 0.763. The van der Waals surface area contributed by atoms with E-state index in [0.29, 0.717) is 0 Å². The van der Waals surface area contributed by atoms with Gasteiger partial charge in [0.15, 0.2) is 0 Å². The van der Waals surface area contributed by atoms with Gasteiger partial charge in [0.1, 0.15) is 11.6 Å². The monoisotopic (exact) mass is 256 g/mol. The van der Waals surface area contributed by atoms with Crippen LogP contribution in [0.15, 0.2) is 0 Å². The maximum absolute atomic E-state index is 12.1. The fourth-order valence-corrected chi connectivity index (χ4v) is 2.23. The van der Waals surface area contributed by atoms with E-state index < -0.39 is 5.60 Å². The molecule has 0 aromatic rings. The van der Waals surface area contributed by atoms with E-state index in [9.17, 15) is 9.59 Å². The summed E-state index contributed by atoms with van der Waals surface area (Å²) >= 11 is 0. The van der Waals surface area contributed by atoms with Gasteiger partial charge >= 0.3 is 5.97 Å². The van der Waals surface area contributed by atoms with Gasteiger partial charge in [-0.2, -0.15) is 0 Å². The summed E-state index contributed by atoms with van der Waals surface area (Å²) in [4.78, 5) is 25.7. The highest BCUT2D eigenvalue weighted by Crippen LogP contribution is 2.23. The second-order valence-corrected chi connectivity index (χ2v) is 5.72. The number of rotatable bonds is 3. The molecule has 0 radical (unpaired) electrons. The lowest BCUT2D eigenvalue weighted by atomic mass is 10.1. The third kappa shape index (κ3) is 3.70. The zero-order valence-electron chi connectivity index (χ0n) is 11.9. The summed E-state index contributed by atoms with van der Waals surface area (Å²) < 4.78 is 5.40. The number of amides is 1. The van der Waals surface area contributed by atoms with Crippen LogP contribution >= 0.6 is 0 Å². The van der Waals surface area contributed by atoms with Crippen LogP contribution in [0.25, 0.3) is 0 Å². The fourth-order valence-electron chi connectivity index (χ4n) is 2.23. The Kier molecular flexibility index (Phi) is 4.73. The van der Waals surface area contributed by atoms with Gasteiger partial charge in [-0.1, -0.05) is 0 Å². The number of nitrogens with one attached hydrogen (secondary N) is 1. The highest BCUT2D eigenvalue weighted by molar-refractivity contribution is 5.83. The molecule has 0 bridgehead atoms. The minimum Gasteiger partial charge on any atom is -0.459 e. The van der Waals surface area contributed by atoms with Gasteiger partial charge in [0.2, 0.25) is 5.91 Å². The average molecular weight is 256 g/mol. The predicted octanol–water partition coefficient (Wildman–Crippen LogP) is 0.927. The molecule has 1 saturated heterocycles. The van der Waals surface area contributed by atoms with E-state index >= 15 is 0 Å². The molecule has 0 saturated carbocycles. The standard InChI is InChI=1S/C13H24N2O3/c1-9(11(16)14-5)15-8-6-7-10(15)12(17)18-13(2,3)4/h9-10H,6-8H2,1-5H3,(H,14,16)/t9?,10-/m0/s1. The van der Waals surface area contributed by atoms with Gasteiger partial charge in [0.05, 0.1) is 6.04 Å². The van der Waals surface area contributed by atoms with E-state index in [2.05, 4.69) is 5.32 Å². The first-order valence-corrected chi connectivity index (χ1v) is 6.46. The Morgan fingerprint density at radius 3 is 2.50 bits per heavy atom. The summed E-state index contributed by atoms with van der Waals surface area (Å²) in [5, 5.41) is 2.62. The fraction of sp³-hybridized carbons (Fsp3) is 0.846. The van der Waals surface area contributed by atoms with Crippen LogP contribution in [0.5, 0.6) is 0 Å². The summed E-state index contributed by atoms with van der Waals surface area (Å²) in [7, 11) is 1.61. The Bertz CT molecular complexity index is 323. The Morgan fingerprint density at radius 1 is 1.39 bits per heavy atom. The predicted molar refractivity (Wildman–Crippen MR) is 69.1 cm³/mol. The summed E-state index contributed by atoms with van der Waals surface area (Å²) in [5.41, 5.74) is -0.485. The van der Waals surface area contributed by atoms with E-state index in [0.717, 1.165) is 19.4 Å². The summed E-state index contributed by atoms with van der Waals surface area (Å²) in [6.07, 6.45) is 1.68. The van der Waals surface area contributed by atoms with Crippen LogP contribution in [0.1, 0.15) is 40.5 Å². The molecule has 1 amide bonds. The van der Waals surface area contributed by atoms with Crippen molar-refractivity contribution in [3.63, 3.8) is 0 Å². The van der Waals surface area contributed by atoms with E-state index in [-0.39, 0.29) is 24.0 Å². The van der Waals surface area contributed by atoms with Gasteiger partial charge in [0.25, 0.3) is 0 Å². The average Bonchev–Trinajstić information content (AvgIpc) is 2.73. The number of esters is 1. The minimum atomic E-state index is -0.485. The molecule has 1 N–H and O–H groups in total. The number of carbonyl (C=O) groups is 2. The van der Waals surface area contributed by atoms with Crippen LogP contribution in [0.4, 0.5) is 0 Å². The van der Waals surface area contributed by atoms with Gasteiger partial charge in [-0.15, -0.1) is 0 Å². The van der Waals surface area contributed by atoms with Crippen molar-refractivity contribution in [3.8, 4) is 0 Å². The van der Waals surface area contributed by atoms with Crippen LogP contribution in [0, 0.1) is 0 Å². The van der Waals surface area contributed by atoms with Crippen molar-refractivity contribution in [2.45, 2.75) is 58.2 Å². The first-order valence-electron chi connectivity index (χ1n) is 6.46. The SMILES string of the molecule is CNC(=O)C(C)N1CCC[C@H]1C(=O)OC(C)(C)C. The molecule has 2 atom stereocenters. The molecule has 0 spiro atoms. The molecule has 0 aromatic carbocycles. The van der Waals surface area contributed by atoms with E-state index in [1.165, 1.54) is 0 Å². The van der Waals surface area contributed by atoms with E-state index in [1.54, 1.807) is 7.05 Å². The molecule has 1 aliphatic rings. The van der Waals surface area contributed by atoms with Crippen LogP contribution in [-0.2, 0) is 14.3 Å². The molecule has 18 heavy (non-hydrogen) atoms. The first kappa shape index (κ1) is 15.0. The van der Waals surface area contributed by atoms with Gasteiger partial charge in [-0.3, -0.25) is 14.5 Å². The van der Waals surface area contributed by atoms with Crippen molar-refractivity contribution in [2.24, 2.45) is 0 Å². The smallest absolute Gasteiger partial charge is 0.323 e. The molecule has 1 aliphatic heterocycles. The number of hydrogen-bond donors (Lipinski definition) is 1. The molecule has 1 heterocycles. The van der Waals surface area contributed by atoms with Gasteiger partial charge in [-0.05, 0) is 47.1 Å². The highest BCUT2D eigenvalue weighted by Gasteiger charge is 2.38. The zero-order chi connectivity index (χ0) is 13.9. The van der Waals surface area contributed by atoms with Crippen molar-refractivity contribution in [2.75, 3.05) is 13.6 Å². The molecular weight excluding hydrogens is 232 g/mol. The van der Waals surface area contributed by atoms with E-state index in [4.69, 9.17) is 4.74 Å². The lowest BCUT2D eigenvalue weighted by Crippen LogP contribution is -2.50. The number of likely N-dealkylation sites (N-methyl/N-ethyl adjacent to an activating group) is 1. The Morgan fingerprint density at radius 2 is 2.00 bits per heavy atom. The molecule has 104 valence electrons. The molecule has 5 heteroatoms. The van der Waals surface area contributed by atoms with Gasteiger partial charge in [-0.25, -0.2) is 0 Å². The van der Waals surface area contributed by atoms with Gasteiger partial charge in [0, 0.05) is 7.05 Å². The third-order valence-corrected chi connectivity index (χ3v) is 3.10. The van der Waals surface area contributed by atoms with Crippen LogP contribution < -0.4 is 5.32 Å². The molecular formula is C13H24N2O3. The summed E-state index contributed by atoms with van der Waals surface area (Å²) in [6, 6.07) is -0.591. The maximum atomic E-state index is 12.1. The second kappa shape index (κ2) is 5.69. The second-order valence-electron chi connectivity index (χ2n) is 5.72. The number of likely N-dealkylation sites (tertiary alicyclic amines) is 1. The minimum absolute atomic E-state index is 0.0644. The highest BCUT2D eigenvalue weighted by atomic mass is 16.6. The number of hydrogen-bond acceptors (Lipinski definition) is 4. The molecule has 0 aromatic heterocycles. The summed E-state index contributed by atoms with van der Waals surface area (Å²) in [5.74, 6) is -0.291. The maximum Gasteiger partial charge on any atom is 0.323 e. The third-order valence-electron chi connectivity index (χ3n) is 3.10. The van der Waals surface area contributed by atoms with Gasteiger partial charge < -0.3 is 10.1 Å². The molecule has 0 aliphatic carbocycles. The number of ether oxygens (including phenoxy) is 1. The number of nitrogens with zero attached hydrogens (tertiary/aromatic N) is 1. The molecule has 5 nitrogen and oxygen atoms in total. The first-order chi connectivity index (χ1) is 8.26. The Balaban J connectivity index is 2.70. The summed E-state index contributed by atoms with van der Waals surface area (Å²) in [6.45, 7) is 8.14. The van der Waals surface area contributed by atoms with Crippen molar-refractivity contribution < 1.29 is 14.3 Å². The molecule has 1 fully saturated rings. The molecule has 1 unspecified atom stereocenters. The normalized spacial score (nSPS) is 22.6. The van der Waals surface area contributed by atoms with Crippen molar-refractivity contribution >= 4 is 11.9 Å². The van der Waals surface area contributed by atoms with Crippen LogP contribution in [0.2, 0.25) is 0 Å². The lowest BCUT2D eigenvalue weighted by molar-refractivity contribution is -0.161. The molecule has 1 rings (SSSR count). The Hall–Kier alpha value is -1.10. The van der Waals surface area contributed by atoms with Crippen LogP contribution in [0.3, 0.4) is 0 Å². The Labute approximate surface area is 109 Å². The van der Waals surface area contributed by atoms with E-state index in [1.807, 2.05) is 32.6 Å². The number of carbonyl (C=O) groups excluding carboxylic acids is 2. The van der Waals surface area contributed by atoms with Crippen molar-refractivity contribution in [3.05, 3.63) is 0 Å². The zero-order valence-corrected chi connectivity index (χ0v) is 11.9. The van der Waals surface area contributed by atoms with Crippen molar-refractivity contribution in [1.29, 1.82) is 0 Å². The van der Waals surface area contributed by atoms with Crippen LogP contribution in [-0.4, -0.2) is 48.1 Å².